The largest absolute Gasteiger partial charge is 0.472 e. The predicted octanol–water partition coefficient (Wildman–Crippen LogP) is 4.55. The highest BCUT2D eigenvalue weighted by molar-refractivity contribution is 6.07. The van der Waals surface area contributed by atoms with Gasteiger partial charge in [0.15, 0.2) is 0 Å². The second-order valence-electron chi connectivity index (χ2n) is 6.69. The number of alkyl halides is 3. The summed E-state index contributed by atoms with van der Waals surface area (Å²) in [5.74, 6) is -0.195. The summed E-state index contributed by atoms with van der Waals surface area (Å²) < 4.78 is 44.1. The Morgan fingerprint density at radius 3 is 2.71 bits per heavy atom. The Morgan fingerprint density at radius 2 is 1.89 bits per heavy atom. The number of halogens is 3. The first-order valence-electron chi connectivity index (χ1n) is 8.89. The molecule has 1 amide bonds. The second-order valence-corrected chi connectivity index (χ2v) is 6.69. The molecule has 0 saturated carbocycles. The van der Waals surface area contributed by atoms with Crippen LogP contribution in [0.15, 0.2) is 60.8 Å². The number of benzene rings is 2. The number of pyridine rings is 1. The van der Waals surface area contributed by atoms with E-state index < -0.39 is 17.8 Å². The molecule has 1 aliphatic heterocycles. The van der Waals surface area contributed by atoms with Crippen molar-refractivity contribution in [3.05, 3.63) is 71.9 Å². The number of fused-ring (bicyclic) bond motifs is 1. The van der Waals surface area contributed by atoms with Gasteiger partial charge in [0.25, 0.3) is 5.91 Å². The molecule has 28 heavy (non-hydrogen) atoms. The molecule has 144 valence electrons. The zero-order chi connectivity index (χ0) is 19.7. The summed E-state index contributed by atoms with van der Waals surface area (Å²) in [5.41, 5.74) is -0.199. The summed E-state index contributed by atoms with van der Waals surface area (Å²) in [6.45, 7) is 0.783. The van der Waals surface area contributed by atoms with Crippen molar-refractivity contribution in [1.82, 2.24) is 9.88 Å². The lowest BCUT2D eigenvalue weighted by Gasteiger charge is -2.18. The van der Waals surface area contributed by atoms with E-state index in [2.05, 4.69) is 4.98 Å². The highest BCUT2D eigenvalue weighted by Crippen LogP contribution is 2.31. The number of likely N-dealkylation sites (tertiary alicyclic amines) is 1. The minimum absolute atomic E-state index is 0.0840. The van der Waals surface area contributed by atoms with Gasteiger partial charge in [-0.25, -0.2) is 4.98 Å². The van der Waals surface area contributed by atoms with Crippen LogP contribution in [0, 0.1) is 0 Å². The Morgan fingerprint density at radius 1 is 1.11 bits per heavy atom. The topological polar surface area (TPSA) is 42.4 Å². The Kier molecular flexibility index (Phi) is 4.66. The van der Waals surface area contributed by atoms with Crippen LogP contribution in [0.2, 0.25) is 0 Å². The Balaban J connectivity index is 1.48. The molecule has 1 atom stereocenters. The molecule has 0 N–H and O–H groups in total. The Bertz CT molecular complexity index is 1010. The molecular weight excluding hydrogens is 369 g/mol. The van der Waals surface area contributed by atoms with Gasteiger partial charge in [0.05, 0.1) is 12.1 Å². The highest BCUT2D eigenvalue weighted by atomic mass is 19.4. The molecule has 4 rings (SSSR count). The third-order valence-corrected chi connectivity index (χ3v) is 4.80. The van der Waals surface area contributed by atoms with Gasteiger partial charge in [0.2, 0.25) is 5.88 Å². The smallest absolute Gasteiger partial charge is 0.416 e. The maximum absolute atomic E-state index is 13.0. The highest BCUT2D eigenvalue weighted by Gasteiger charge is 2.32. The van der Waals surface area contributed by atoms with Crippen molar-refractivity contribution in [3.63, 3.8) is 0 Å². The minimum atomic E-state index is -4.45. The molecule has 1 fully saturated rings. The Hall–Kier alpha value is -3.09. The van der Waals surface area contributed by atoms with Crippen molar-refractivity contribution in [2.24, 2.45) is 0 Å². The number of rotatable bonds is 3. The van der Waals surface area contributed by atoms with Gasteiger partial charge in [-0.2, -0.15) is 13.2 Å². The maximum atomic E-state index is 13.0. The number of ether oxygens (including phenoxy) is 1. The number of aromatic nitrogens is 1. The summed E-state index contributed by atoms with van der Waals surface area (Å²) >= 11 is 0. The quantitative estimate of drug-likeness (QED) is 0.663. The molecule has 2 heterocycles. The molecule has 0 aliphatic carbocycles. The predicted molar refractivity (Wildman–Crippen MR) is 98.1 cm³/mol. The Labute approximate surface area is 159 Å². The molecule has 0 unspecified atom stereocenters. The first-order chi connectivity index (χ1) is 13.4. The lowest BCUT2D eigenvalue weighted by molar-refractivity contribution is -0.137. The molecule has 0 bridgehead atoms. The number of nitrogens with zero attached hydrogens (tertiary/aromatic N) is 2. The SMILES string of the molecule is O=C(c1cccc2ccccc12)N1CC[C@@H](Oc2cc(C(F)(F)F)ccn2)C1. The van der Waals surface area contributed by atoms with E-state index in [1.165, 1.54) is 0 Å². The second kappa shape index (κ2) is 7.14. The fourth-order valence-electron chi connectivity index (χ4n) is 3.41. The van der Waals surface area contributed by atoms with Gasteiger partial charge in [-0.05, 0) is 22.9 Å². The van der Waals surface area contributed by atoms with E-state index in [9.17, 15) is 18.0 Å². The first kappa shape index (κ1) is 18.3. The van der Waals surface area contributed by atoms with E-state index in [-0.39, 0.29) is 11.8 Å². The number of hydrogen-bond donors (Lipinski definition) is 0. The molecule has 2 aromatic carbocycles. The fourth-order valence-corrected chi connectivity index (χ4v) is 3.41. The molecule has 7 heteroatoms. The van der Waals surface area contributed by atoms with Crippen LogP contribution in [0.5, 0.6) is 5.88 Å². The molecule has 4 nitrogen and oxygen atoms in total. The summed E-state index contributed by atoms with van der Waals surface area (Å²) in [7, 11) is 0. The van der Waals surface area contributed by atoms with E-state index in [1.54, 1.807) is 11.0 Å². The fraction of sp³-hybridized carbons (Fsp3) is 0.238. The number of hydrogen-bond acceptors (Lipinski definition) is 3. The zero-order valence-corrected chi connectivity index (χ0v) is 14.8. The number of carbonyl (C=O) groups excluding carboxylic acids is 1. The molecule has 1 aliphatic rings. The molecule has 1 aromatic heterocycles. The van der Waals surface area contributed by atoms with E-state index in [1.807, 2.05) is 36.4 Å². The molecular formula is C21H17F3N2O2. The summed E-state index contributed by atoms with van der Waals surface area (Å²) in [5, 5.41) is 1.85. The average molecular weight is 386 g/mol. The maximum Gasteiger partial charge on any atom is 0.416 e. The van der Waals surface area contributed by atoms with E-state index >= 15 is 0 Å². The zero-order valence-electron chi connectivity index (χ0n) is 14.8. The van der Waals surface area contributed by atoms with Gasteiger partial charge in [0, 0.05) is 30.8 Å². The van der Waals surface area contributed by atoms with Crippen molar-refractivity contribution in [2.45, 2.75) is 18.7 Å². The van der Waals surface area contributed by atoms with Crippen molar-refractivity contribution in [1.29, 1.82) is 0 Å². The van der Waals surface area contributed by atoms with Crippen molar-refractivity contribution in [3.8, 4) is 5.88 Å². The molecule has 0 radical (unpaired) electrons. The van der Waals surface area contributed by atoms with Crippen LogP contribution >= 0.6 is 0 Å². The summed E-state index contributed by atoms with van der Waals surface area (Å²) in [6, 6.07) is 15.0. The van der Waals surface area contributed by atoms with Crippen LogP contribution in [-0.4, -0.2) is 35.0 Å². The lowest BCUT2D eigenvalue weighted by atomic mass is 10.0. The van der Waals surface area contributed by atoms with Gasteiger partial charge in [-0.15, -0.1) is 0 Å². The number of carbonyl (C=O) groups is 1. The van der Waals surface area contributed by atoms with Crippen LogP contribution in [0.3, 0.4) is 0 Å². The van der Waals surface area contributed by atoms with Gasteiger partial charge in [0.1, 0.15) is 6.10 Å². The van der Waals surface area contributed by atoms with Crippen LogP contribution in [0.1, 0.15) is 22.3 Å². The van der Waals surface area contributed by atoms with Gasteiger partial charge in [-0.1, -0.05) is 36.4 Å². The average Bonchev–Trinajstić information content (AvgIpc) is 3.15. The van der Waals surface area contributed by atoms with E-state index in [4.69, 9.17) is 4.74 Å². The molecule has 0 spiro atoms. The standard InChI is InChI=1S/C21H17F3N2O2/c22-21(23,24)15-8-10-25-19(12-15)28-16-9-11-26(13-16)20(27)18-7-3-5-14-4-1-2-6-17(14)18/h1-8,10,12,16H,9,11,13H2/t16-/m1/s1. The molecule has 1 saturated heterocycles. The van der Waals surface area contributed by atoms with Gasteiger partial charge < -0.3 is 9.64 Å². The minimum Gasteiger partial charge on any atom is -0.472 e. The monoisotopic (exact) mass is 386 g/mol. The van der Waals surface area contributed by atoms with Gasteiger partial charge in [-0.3, -0.25) is 4.79 Å². The van der Waals surface area contributed by atoms with E-state index in [0.29, 0.717) is 25.1 Å². The first-order valence-corrected chi connectivity index (χ1v) is 8.89. The van der Waals surface area contributed by atoms with Crippen molar-refractivity contribution >= 4 is 16.7 Å². The van der Waals surface area contributed by atoms with Gasteiger partial charge >= 0.3 is 6.18 Å². The number of amides is 1. The molecule has 3 aromatic rings. The third kappa shape index (κ3) is 3.65. The van der Waals surface area contributed by atoms with Crippen molar-refractivity contribution in [2.75, 3.05) is 13.1 Å². The van der Waals surface area contributed by atoms with Crippen LogP contribution < -0.4 is 4.74 Å². The van der Waals surface area contributed by atoms with E-state index in [0.717, 1.165) is 29.1 Å². The van der Waals surface area contributed by atoms with Crippen LogP contribution in [-0.2, 0) is 6.18 Å². The summed E-state index contributed by atoms with van der Waals surface area (Å²) in [4.78, 5) is 18.5. The van der Waals surface area contributed by atoms with Crippen LogP contribution in [0.25, 0.3) is 10.8 Å². The third-order valence-electron chi connectivity index (χ3n) is 4.80. The lowest BCUT2D eigenvalue weighted by Crippen LogP contribution is -2.31. The normalized spacial score (nSPS) is 17.1. The van der Waals surface area contributed by atoms with Crippen molar-refractivity contribution < 1.29 is 22.7 Å². The van der Waals surface area contributed by atoms with Crippen LogP contribution in [0.4, 0.5) is 13.2 Å². The summed E-state index contributed by atoms with van der Waals surface area (Å²) in [6.07, 6.45) is -3.23.